The van der Waals surface area contributed by atoms with Gasteiger partial charge in [0.1, 0.15) is 10.3 Å². The summed E-state index contributed by atoms with van der Waals surface area (Å²) in [5.41, 5.74) is 1.35. The quantitative estimate of drug-likeness (QED) is 0.732. The highest BCUT2D eigenvalue weighted by Gasteiger charge is 2.16. The number of imidazole rings is 1. The number of aromatic nitrogens is 2. The Kier molecular flexibility index (Phi) is 3.70. The number of benzene rings is 1. The largest absolute Gasteiger partial charge is 0.530 e. The summed E-state index contributed by atoms with van der Waals surface area (Å²) in [7, 11) is -2.34. The fourth-order valence-corrected chi connectivity index (χ4v) is 3.97. The van der Waals surface area contributed by atoms with Crippen LogP contribution in [0, 0.1) is 0 Å². The van der Waals surface area contributed by atoms with Crippen LogP contribution in [0.2, 0.25) is 0 Å². The molecule has 0 aliphatic rings. The Morgan fingerprint density at radius 3 is 2.83 bits per heavy atom. The summed E-state index contributed by atoms with van der Waals surface area (Å²) in [6.45, 7) is 0. The lowest BCUT2D eigenvalue weighted by Gasteiger charge is -2.15. The first-order chi connectivity index (χ1) is 10.9. The van der Waals surface area contributed by atoms with Crippen molar-refractivity contribution in [2.24, 2.45) is 0 Å². The molecular formula is C13H11N4O4S2-. The van der Waals surface area contributed by atoms with E-state index in [1.807, 2.05) is 0 Å². The van der Waals surface area contributed by atoms with Gasteiger partial charge in [-0.15, -0.1) is 11.3 Å². The van der Waals surface area contributed by atoms with Crippen LogP contribution >= 0.6 is 11.3 Å². The molecule has 0 saturated carbocycles. The van der Waals surface area contributed by atoms with E-state index >= 15 is 0 Å². The van der Waals surface area contributed by atoms with Crippen LogP contribution in [0.3, 0.4) is 0 Å². The number of fused-ring (bicyclic) bond motifs is 1. The molecule has 0 unspecified atom stereocenters. The van der Waals surface area contributed by atoms with Crippen LogP contribution in [0.1, 0.15) is 0 Å². The number of H-pyrrole nitrogens is 1. The van der Waals surface area contributed by atoms with Crippen LogP contribution in [0.25, 0.3) is 11.0 Å². The van der Waals surface area contributed by atoms with Crippen molar-refractivity contribution in [2.45, 2.75) is 4.21 Å². The van der Waals surface area contributed by atoms with E-state index < -0.39 is 16.1 Å². The summed E-state index contributed by atoms with van der Waals surface area (Å²) in [5.74, 6) is 0.0956. The Balaban J connectivity index is 1.93. The van der Waals surface area contributed by atoms with E-state index in [2.05, 4.69) is 14.7 Å². The third kappa shape index (κ3) is 2.98. The van der Waals surface area contributed by atoms with Gasteiger partial charge in [-0.2, -0.15) is 0 Å². The standard InChI is InChI=1S/C13H12N4O4S2/c1-17(13(18)19)12-14-9-5-4-8(7-10(9)15-12)16-23(20,21)11-3-2-6-22-11/h2-7,16H,1H3,(H,14,15)(H,18,19)/p-1. The number of carboxylic acid groups (broad SMARTS) is 1. The predicted octanol–water partition coefficient (Wildman–Crippen LogP) is 1.20. The van der Waals surface area contributed by atoms with Crippen molar-refractivity contribution in [3.8, 4) is 0 Å². The monoisotopic (exact) mass is 351 g/mol. The number of hydrogen-bond acceptors (Lipinski definition) is 6. The highest BCUT2D eigenvalue weighted by molar-refractivity contribution is 7.94. The molecule has 0 aliphatic heterocycles. The Morgan fingerprint density at radius 1 is 1.39 bits per heavy atom. The maximum absolute atomic E-state index is 12.2. The maximum Gasteiger partial charge on any atom is 0.271 e. The van der Waals surface area contributed by atoms with Gasteiger partial charge in [-0.25, -0.2) is 13.4 Å². The SMILES string of the molecule is CN(C(=O)[O-])c1nc2ccc(NS(=O)(=O)c3cccs3)cc2[nH]1. The zero-order valence-corrected chi connectivity index (χ0v) is 13.4. The van der Waals surface area contributed by atoms with Crippen LogP contribution in [0.4, 0.5) is 16.4 Å². The molecule has 0 bridgehead atoms. The minimum absolute atomic E-state index is 0.0956. The maximum atomic E-state index is 12.2. The van der Waals surface area contributed by atoms with Gasteiger partial charge in [-0.1, -0.05) is 6.07 Å². The highest BCUT2D eigenvalue weighted by Crippen LogP contribution is 2.24. The Hall–Kier alpha value is -2.59. The second-order valence-electron chi connectivity index (χ2n) is 4.65. The number of carbonyl (C=O) groups excluding carboxylic acids is 1. The molecule has 0 atom stereocenters. The van der Waals surface area contributed by atoms with Gasteiger partial charge >= 0.3 is 0 Å². The molecule has 2 N–H and O–H groups in total. The summed E-state index contributed by atoms with van der Waals surface area (Å²) in [6.07, 6.45) is -1.40. The molecule has 8 nitrogen and oxygen atoms in total. The molecule has 3 aromatic rings. The molecule has 23 heavy (non-hydrogen) atoms. The van der Waals surface area contributed by atoms with E-state index in [1.165, 1.54) is 13.1 Å². The van der Waals surface area contributed by atoms with Gasteiger partial charge in [0.25, 0.3) is 10.0 Å². The van der Waals surface area contributed by atoms with Gasteiger partial charge in [0, 0.05) is 7.05 Å². The average molecular weight is 351 g/mol. The van der Waals surface area contributed by atoms with Crippen LogP contribution < -0.4 is 14.7 Å². The third-order valence-corrected chi connectivity index (χ3v) is 5.85. The molecule has 0 radical (unpaired) electrons. The number of nitrogens with zero attached hydrogens (tertiary/aromatic N) is 2. The topological polar surface area (TPSA) is 118 Å². The van der Waals surface area contributed by atoms with E-state index in [-0.39, 0.29) is 10.2 Å². The predicted molar refractivity (Wildman–Crippen MR) is 85.0 cm³/mol. The second kappa shape index (κ2) is 5.56. The van der Waals surface area contributed by atoms with Gasteiger partial charge in [-0.05, 0) is 29.6 Å². The first-order valence-corrected chi connectivity index (χ1v) is 8.74. The van der Waals surface area contributed by atoms with Gasteiger partial charge in [0.2, 0.25) is 5.95 Å². The molecule has 3 rings (SSSR count). The molecule has 0 saturated heterocycles. The molecular weight excluding hydrogens is 340 g/mol. The zero-order valence-electron chi connectivity index (χ0n) is 11.8. The van der Waals surface area contributed by atoms with E-state index in [0.717, 1.165) is 16.2 Å². The summed E-state index contributed by atoms with van der Waals surface area (Å²) >= 11 is 1.11. The smallest absolute Gasteiger partial charge is 0.271 e. The van der Waals surface area contributed by atoms with Crippen molar-refractivity contribution in [1.82, 2.24) is 9.97 Å². The molecule has 120 valence electrons. The summed E-state index contributed by atoms with van der Waals surface area (Å²) in [5, 5.41) is 12.5. The number of amides is 1. The number of thiophene rings is 1. The fourth-order valence-electron chi connectivity index (χ4n) is 1.93. The number of sulfonamides is 1. The summed E-state index contributed by atoms with van der Waals surface area (Å²) in [4.78, 5) is 18.6. The average Bonchev–Trinajstić information content (AvgIpc) is 3.15. The minimum atomic E-state index is -3.64. The molecule has 0 aliphatic carbocycles. The summed E-state index contributed by atoms with van der Waals surface area (Å²) < 4.78 is 27.0. The van der Waals surface area contributed by atoms with E-state index in [4.69, 9.17) is 0 Å². The number of carbonyl (C=O) groups is 1. The first kappa shape index (κ1) is 15.3. The Bertz CT molecular complexity index is 963. The fraction of sp³-hybridized carbons (Fsp3) is 0.0769. The number of aromatic amines is 1. The summed E-state index contributed by atoms with van der Waals surface area (Å²) in [6, 6.07) is 7.84. The Morgan fingerprint density at radius 2 is 2.17 bits per heavy atom. The molecule has 2 aromatic heterocycles. The first-order valence-electron chi connectivity index (χ1n) is 6.37. The van der Waals surface area contributed by atoms with Crippen LogP contribution in [-0.4, -0.2) is 31.5 Å². The van der Waals surface area contributed by atoms with Gasteiger partial charge in [-0.3, -0.25) is 4.72 Å². The number of hydrogen-bond donors (Lipinski definition) is 2. The van der Waals surface area contributed by atoms with Gasteiger partial charge in [0.05, 0.1) is 16.7 Å². The Labute approximate surface area is 135 Å². The van der Waals surface area contributed by atoms with Crippen LogP contribution in [0.15, 0.2) is 39.9 Å². The van der Waals surface area contributed by atoms with Crippen molar-refractivity contribution >= 4 is 50.1 Å². The molecule has 0 fully saturated rings. The number of nitrogens with one attached hydrogen (secondary N) is 2. The van der Waals surface area contributed by atoms with Crippen LogP contribution in [0.5, 0.6) is 0 Å². The minimum Gasteiger partial charge on any atom is -0.530 e. The highest BCUT2D eigenvalue weighted by atomic mass is 32.2. The van der Waals surface area contributed by atoms with Crippen molar-refractivity contribution in [3.05, 3.63) is 35.7 Å². The molecule has 1 aromatic carbocycles. The van der Waals surface area contributed by atoms with E-state index in [9.17, 15) is 18.3 Å². The second-order valence-corrected chi connectivity index (χ2v) is 7.51. The lowest BCUT2D eigenvalue weighted by molar-refractivity contribution is -0.246. The number of anilines is 2. The van der Waals surface area contributed by atoms with E-state index in [1.54, 1.807) is 29.6 Å². The van der Waals surface area contributed by atoms with Crippen molar-refractivity contribution in [1.29, 1.82) is 0 Å². The third-order valence-electron chi connectivity index (χ3n) is 3.07. The van der Waals surface area contributed by atoms with Gasteiger partial charge < -0.3 is 19.8 Å². The lowest BCUT2D eigenvalue weighted by atomic mass is 10.3. The molecule has 10 heteroatoms. The molecule has 1 amide bonds. The van der Waals surface area contributed by atoms with Gasteiger partial charge in [0.15, 0.2) is 0 Å². The molecule has 0 spiro atoms. The lowest BCUT2D eigenvalue weighted by Crippen LogP contribution is -2.38. The van der Waals surface area contributed by atoms with Crippen molar-refractivity contribution in [3.63, 3.8) is 0 Å². The number of rotatable bonds is 4. The van der Waals surface area contributed by atoms with Crippen molar-refractivity contribution in [2.75, 3.05) is 16.7 Å². The molecule has 2 heterocycles. The van der Waals surface area contributed by atoms with Crippen LogP contribution in [-0.2, 0) is 10.0 Å². The van der Waals surface area contributed by atoms with Crippen molar-refractivity contribution < 1.29 is 18.3 Å². The zero-order chi connectivity index (χ0) is 16.6. The normalized spacial score (nSPS) is 11.5. The van der Waals surface area contributed by atoms with E-state index in [0.29, 0.717) is 16.7 Å².